The maximum Gasteiger partial charge on any atom is 0.0399 e. The fraction of sp³-hybridized carbons (Fsp3) is 1.00. The first-order valence-electron chi connectivity index (χ1n) is 3.47. The molecule has 1 rings (SSSR count). The molecule has 53 valence electrons. The molecule has 1 fully saturated rings. The fourth-order valence-electron chi connectivity index (χ4n) is 1.05. The summed E-state index contributed by atoms with van der Waals surface area (Å²) >= 11 is 0. The highest BCUT2D eigenvalue weighted by atomic mass is 16.5. The molecule has 1 saturated heterocycles. The Balaban J connectivity index is 2.18. The Bertz CT molecular complexity index is 79.1. The Labute approximate surface area is 55.8 Å². The van der Waals surface area contributed by atoms with E-state index < -0.39 is 0 Å². The van der Waals surface area contributed by atoms with Crippen molar-refractivity contribution in [2.75, 3.05) is 32.7 Å². The van der Waals surface area contributed by atoms with E-state index in [1.54, 1.807) is 0 Å². The number of hydrogen-bond donors (Lipinski definition) is 0. The van der Waals surface area contributed by atoms with Crippen LogP contribution >= 0.6 is 0 Å². The molecule has 0 aromatic carbocycles. The Hall–Kier alpha value is -0.120. The minimum atomic E-state index is 0.688. The van der Waals surface area contributed by atoms with Crippen molar-refractivity contribution in [3.63, 3.8) is 0 Å². The molecule has 0 amide bonds. The maximum absolute atomic E-state index is 10.6. The summed E-state index contributed by atoms with van der Waals surface area (Å²) in [5.74, 6) is 0. The van der Waals surface area contributed by atoms with Crippen LogP contribution in [0.25, 0.3) is 0 Å². The molecule has 1 aliphatic rings. The molecule has 0 atom stereocenters. The van der Waals surface area contributed by atoms with Gasteiger partial charge in [0.1, 0.15) is 0 Å². The predicted octanol–water partition coefficient (Wildman–Crippen LogP) is -0.0306. The molecule has 0 N–H and O–H groups in total. The number of hydroxylamine groups is 2. The highest BCUT2D eigenvalue weighted by molar-refractivity contribution is 4.64. The van der Waals surface area contributed by atoms with Crippen molar-refractivity contribution in [3.8, 4) is 0 Å². The predicted molar refractivity (Wildman–Crippen MR) is 34.4 cm³/mol. The first-order chi connectivity index (χ1) is 4.33. The Kier molecular flexibility index (Phi) is 2.45. The first kappa shape index (κ1) is 6.99. The third-order valence-electron chi connectivity index (χ3n) is 1.78. The zero-order chi connectivity index (χ0) is 6.69. The van der Waals surface area contributed by atoms with Crippen molar-refractivity contribution in [2.24, 2.45) is 0 Å². The monoisotopic (exact) mass is 129 g/mol. The van der Waals surface area contributed by atoms with Gasteiger partial charge in [0.15, 0.2) is 0 Å². The highest BCUT2D eigenvalue weighted by Gasteiger charge is 2.13. The van der Waals surface area contributed by atoms with Crippen LogP contribution in [0.3, 0.4) is 0 Å². The average molecular weight is 129 g/mol. The van der Waals surface area contributed by atoms with Gasteiger partial charge < -0.3 is 4.90 Å². The van der Waals surface area contributed by atoms with E-state index in [9.17, 15) is 5.21 Å². The number of rotatable bonds is 1. The van der Waals surface area contributed by atoms with E-state index in [-0.39, 0.29) is 0 Å². The Morgan fingerprint density at radius 2 is 1.78 bits per heavy atom. The van der Waals surface area contributed by atoms with Crippen LogP contribution in [0.2, 0.25) is 0 Å². The van der Waals surface area contributed by atoms with Gasteiger partial charge in [0, 0.05) is 26.2 Å². The fourth-order valence-corrected chi connectivity index (χ4v) is 1.05. The largest absolute Gasteiger partial charge is 0.301 e. The van der Waals surface area contributed by atoms with E-state index in [2.05, 4.69) is 11.8 Å². The minimum Gasteiger partial charge on any atom is -0.301 e. The van der Waals surface area contributed by atoms with Gasteiger partial charge in [0.05, 0.1) is 0 Å². The second-order valence-corrected chi connectivity index (χ2v) is 2.36. The molecule has 1 radical (unpaired) electrons. The van der Waals surface area contributed by atoms with E-state index in [1.165, 1.54) is 0 Å². The molecule has 0 unspecified atom stereocenters. The molecule has 0 aliphatic carbocycles. The second-order valence-electron chi connectivity index (χ2n) is 2.36. The van der Waals surface area contributed by atoms with Crippen molar-refractivity contribution in [2.45, 2.75) is 6.92 Å². The van der Waals surface area contributed by atoms with Gasteiger partial charge in [-0.05, 0) is 6.54 Å². The lowest BCUT2D eigenvalue weighted by molar-refractivity contribution is -0.175. The van der Waals surface area contributed by atoms with Crippen LogP contribution in [0.1, 0.15) is 6.92 Å². The van der Waals surface area contributed by atoms with Gasteiger partial charge in [-0.2, -0.15) is 5.06 Å². The molecule has 0 saturated carbocycles. The summed E-state index contributed by atoms with van der Waals surface area (Å²) in [5, 5.41) is 11.7. The zero-order valence-electron chi connectivity index (χ0n) is 5.84. The van der Waals surface area contributed by atoms with Crippen LogP contribution in [0.5, 0.6) is 0 Å². The van der Waals surface area contributed by atoms with E-state index in [0.29, 0.717) is 13.1 Å². The van der Waals surface area contributed by atoms with Gasteiger partial charge in [0.25, 0.3) is 0 Å². The normalized spacial score (nSPS) is 24.7. The number of likely N-dealkylation sites (N-methyl/N-ethyl adjacent to an activating group) is 1. The van der Waals surface area contributed by atoms with Gasteiger partial charge in [-0.15, -0.1) is 5.21 Å². The molecule has 1 heterocycles. The minimum absolute atomic E-state index is 0.688. The van der Waals surface area contributed by atoms with Crippen molar-refractivity contribution in [1.29, 1.82) is 0 Å². The molecule has 0 aromatic rings. The molecular weight excluding hydrogens is 116 g/mol. The first-order valence-corrected chi connectivity index (χ1v) is 3.47. The van der Waals surface area contributed by atoms with Crippen LogP contribution in [0.4, 0.5) is 0 Å². The molecule has 3 heteroatoms. The third-order valence-corrected chi connectivity index (χ3v) is 1.78. The van der Waals surface area contributed by atoms with Gasteiger partial charge in [-0.3, -0.25) is 0 Å². The van der Waals surface area contributed by atoms with Crippen LogP contribution in [0.15, 0.2) is 0 Å². The summed E-state index contributed by atoms with van der Waals surface area (Å²) in [6.45, 7) is 6.47. The van der Waals surface area contributed by atoms with Crippen molar-refractivity contribution in [1.82, 2.24) is 9.96 Å². The molecule has 0 aromatic heterocycles. The summed E-state index contributed by atoms with van der Waals surface area (Å²) < 4.78 is 0. The average Bonchev–Trinajstić information content (AvgIpc) is 1.90. The molecular formula is C6H13N2O. The zero-order valence-corrected chi connectivity index (χ0v) is 5.84. The van der Waals surface area contributed by atoms with E-state index in [0.717, 1.165) is 24.7 Å². The smallest absolute Gasteiger partial charge is 0.0399 e. The number of nitrogens with zero attached hydrogens (tertiary/aromatic N) is 2. The topological polar surface area (TPSA) is 26.4 Å². The van der Waals surface area contributed by atoms with Gasteiger partial charge >= 0.3 is 0 Å². The van der Waals surface area contributed by atoms with Gasteiger partial charge in [-0.1, -0.05) is 6.92 Å². The van der Waals surface area contributed by atoms with Crippen LogP contribution in [-0.4, -0.2) is 42.7 Å². The van der Waals surface area contributed by atoms with E-state index in [1.807, 2.05) is 0 Å². The Morgan fingerprint density at radius 1 is 1.22 bits per heavy atom. The maximum atomic E-state index is 10.6. The molecule has 9 heavy (non-hydrogen) atoms. The van der Waals surface area contributed by atoms with Gasteiger partial charge in [-0.25, -0.2) is 0 Å². The van der Waals surface area contributed by atoms with Gasteiger partial charge in [0.2, 0.25) is 0 Å². The summed E-state index contributed by atoms with van der Waals surface area (Å²) in [7, 11) is 0. The summed E-state index contributed by atoms with van der Waals surface area (Å²) in [6.07, 6.45) is 0. The van der Waals surface area contributed by atoms with Crippen LogP contribution in [0, 0.1) is 0 Å². The summed E-state index contributed by atoms with van der Waals surface area (Å²) in [4.78, 5) is 2.29. The lowest BCUT2D eigenvalue weighted by Gasteiger charge is -2.28. The number of piperazine rings is 1. The van der Waals surface area contributed by atoms with E-state index in [4.69, 9.17) is 0 Å². The summed E-state index contributed by atoms with van der Waals surface area (Å²) in [6, 6.07) is 0. The van der Waals surface area contributed by atoms with Crippen LogP contribution in [-0.2, 0) is 5.21 Å². The SMILES string of the molecule is CCN1CCN([O])CC1. The summed E-state index contributed by atoms with van der Waals surface area (Å²) in [5.41, 5.74) is 0. The standard InChI is InChI=1S/C6H13N2O/c1-2-7-3-5-8(9)6-4-7/h2-6H2,1H3. The second kappa shape index (κ2) is 3.15. The number of hydrogen-bond acceptors (Lipinski definition) is 2. The molecule has 0 bridgehead atoms. The Morgan fingerprint density at radius 3 is 2.22 bits per heavy atom. The van der Waals surface area contributed by atoms with Crippen molar-refractivity contribution < 1.29 is 5.21 Å². The lowest BCUT2D eigenvalue weighted by Crippen LogP contribution is -2.43. The quantitative estimate of drug-likeness (QED) is 0.497. The van der Waals surface area contributed by atoms with Crippen molar-refractivity contribution >= 4 is 0 Å². The third kappa shape index (κ3) is 1.93. The molecule has 1 aliphatic heterocycles. The highest BCUT2D eigenvalue weighted by Crippen LogP contribution is 1.96. The van der Waals surface area contributed by atoms with Crippen LogP contribution < -0.4 is 0 Å². The van der Waals surface area contributed by atoms with Crippen molar-refractivity contribution in [3.05, 3.63) is 0 Å². The van der Waals surface area contributed by atoms with E-state index >= 15 is 0 Å². The lowest BCUT2D eigenvalue weighted by atomic mass is 10.4. The molecule has 0 spiro atoms. The molecule has 3 nitrogen and oxygen atoms in total.